The Kier molecular flexibility index (Phi) is 8.07. The molecule has 156 valence electrons. The lowest BCUT2D eigenvalue weighted by molar-refractivity contribution is -0.149. The van der Waals surface area contributed by atoms with Gasteiger partial charge in [0.05, 0.1) is 18.4 Å². The minimum absolute atomic E-state index is 0.0370. The molecular weight excluding hydrogens is 374 g/mol. The summed E-state index contributed by atoms with van der Waals surface area (Å²) in [5.41, 5.74) is -0.0351. The second-order valence-electron chi connectivity index (χ2n) is 7.39. The van der Waals surface area contributed by atoms with Crippen molar-refractivity contribution in [2.24, 2.45) is 11.0 Å². The van der Waals surface area contributed by atoms with Crippen LogP contribution in [-0.2, 0) is 24.5 Å². The van der Waals surface area contributed by atoms with Crippen molar-refractivity contribution in [3.8, 4) is 6.07 Å². The molecule has 2 unspecified atom stereocenters. The van der Waals surface area contributed by atoms with Gasteiger partial charge in [0.1, 0.15) is 11.5 Å². The summed E-state index contributed by atoms with van der Waals surface area (Å²) in [7, 11) is 0. The lowest BCUT2D eigenvalue weighted by atomic mass is 9.67. The first-order chi connectivity index (χ1) is 13.5. The molecule has 0 aliphatic carbocycles. The van der Waals surface area contributed by atoms with E-state index in [2.05, 4.69) is 10.5 Å². The molecule has 8 heteroatoms. The standard InChI is InChI=1S/C21H27N3O5/c1-7-28-18(26)17(14(2)23-24-19(27)29-20(4,5)6)21(13-22,15(3)25)16-11-9-8-10-12-16/h8-12,17H,7H2,1-6H3,(H,24,27)/b23-14+. The van der Waals surface area contributed by atoms with Gasteiger partial charge in [-0.25, -0.2) is 10.2 Å². The van der Waals surface area contributed by atoms with Crippen molar-refractivity contribution in [3.63, 3.8) is 0 Å². The lowest BCUT2D eigenvalue weighted by Crippen LogP contribution is -2.49. The molecule has 29 heavy (non-hydrogen) atoms. The Hall–Kier alpha value is -3.21. The Morgan fingerprint density at radius 2 is 1.76 bits per heavy atom. The van der Waals surface area contributed by atoms with Crippen molar-refractivity contribution < 1.29 is 23.9 Å². The van der Waals surface area contributed by atoms with Crippen molar-refractivity contribution in [1.29, 1.82) is 5.26 Å². The van der Waals surface area contributed by atoms with Crippen LogP contribution < -0.4 is 5.43 Å². The average molecular weight is 401 g/mol. The zero-order chi connectivity index (χ0) is 22.2. The molecule has 0 aromatic heterocycles. The molecule has 2 atom stereocenters. The van der Waals surface area contributed by atoms with Gasteiger partial charge in [0.15, 0.2) is 11.2 Å². The number of hydrogen-bond donors (Lipinski definition) is 1. The van der Waals surface area contributed by atoms with Crippen LogP contribution in [0.15, 0.2) is 35.4 Å². The Morgan fingerprint density at radius 1 is 1.17 bits per heavy atom. The number of hydrazone groups is 1. The van der Waals surface area contributed by atoms with E-state index in [0.717, 1.165) is 0 Å². The summed E-state index contributed by atoms with van der Waals surface area (Å²) < 4.78 is 10.2. The Bertz CT molecular complexity index is 821. The molecule has 1 aromatic rings. The molecule has 0 saturated heterocycles. The van der Waals surface area contributed by atoms with E-state index in [9.17, 15) is 19.6 Å². The van der Waals surface area contributed by atoms with Gasteiger partial charge in [0.25, 0.3) is 0 Å². The number of amides is 1. The average Bonchev–Trinajstić information content (AvgIpc) is 2.63. The summed E-state index contributed by atoms with van der Waals surface area (Å²) in [5.74, 6) is -2.70. The van der Waals surface area contributed by atoms with E-state index in [0.29, 0.717) is 5.56 Å². The molecule has 1 aromatic carbocycles. The van der Waals surface area contributed by atoms with Crippen LogP contribution in [0.1, 0.15) is 47.1 Å². The van der Waals surface area contributed by atoms with Gasteiger partial charge in [0, 0.05) is 0 Å². The summed E-state index contributed by atoms with van der Waals surface area (Å²) in [6.45, 7) is 9.41. The van der Waals surface area contributed by atoms with E-state index in [1.165, 1.54) is 13.8 Å². The van der Waals surface area contributed by atoms with E-state index in [-0.39, 0.29) is 12.3 Å². The van der Waals surface area contributed by atoms with E-state index < -0.39 is 34.8 Å². The Labute approximate surface area is 170 Å². The molecular formula is C21H27N3O5. The zero-order valence-electron chi connectivity index (χ0n) is 17.6. The van der Waals surface area contributed by atoms with Crippen LogP contribution >= 0.6 is 0 Å². The van der Waals surface area contributed by atoms with Gasteiger partial charge in [-0.05, 0) is 47.1 Å². The highest BCUT2D eigenvalue weighted by molar-refractivity contribution is 6.10. The number of nitrogens with one attached hydrogen (secondary N) is 1. The van der Waals surface area contributed by atoms with Crippen molar-refractivity contribution >= 4 is 23.6 Å². The fourth-order valence-electron chi connectivity index (χ4n) is 2.87. The molecule has 1 N–H and O–H groups in total. The summed E-state index contributed by atoms with van der Waals surface area (Å²) >= 11 is 0. The predicted molar refractivity (Wildman–Crippen MR) is 107 cm³/mol. The van der Waals surface area contributed by atoms with Gasteiger partial charge in [-0.3, -0.25) is 9.59 Å². The molecule has 0 bridgehead atoms. The Balaban J connectivity index is 3.47. The first-order valence-electron chi connectivity index (χ1n) is 9.17. The number of Topliss-reactive ketones (excluding diaryl/α,β-unsaturated/α-hetero) is 1. The van der Waals surface area contributed by atoms with Crippen LogP contribution in [0, 0.1) is 17.2 Å². The minimum atomic E-state index is -1.86. The molecule has 0 radical (unpaired) electrons. The smallest absolute Gasteiger partial charge is 0.428 e. The molecule has 0 fully saturated rings. The molecule has 0 heterocycles. The van der Waals surface area contributed by atoms with Gasteiger partial charge in [-0.15, -0.1) is 0 Å². The molecule has 1 amide bonds. The second-order valence-corrected chi connectivity index (χ2v) is 7.39. The molecule has 1 rings (SSSR count). The number of carbonyl (C=O) groups is 3. The number of hydrogen-bond acceptors (Lipinski definition) is 7. The third-order valence-electron chi connectivity index (χ3n) is 4.06. The molecule has 8 nitrogen and oxygen atoms in total. The monoisotopic (exact) mass is 401 g/mol. The molecule has 0 saturated carbocycles. The van der Waals surface area contributed by atoms with E-state index in [1.807, 2.05) is 6.07 Å². The highest BCUT2D eigenvalue weighted by Crippen LogP contribution is 2.35. The number of carbonyl (C=O) groups excluding carboxylic acids is 3. The maximum atomic E-state index is 12.8. The van der Waals surface area contributed by atoms with Crippen molar-refractivity contribution in [2.45, 2.75) is 52.6 Å². The number of ether oxygens (including phenoxy) is 2. The van der Waals surface area contributed by atoms with Crippen molar-refractivity contribution in [3.05, 3.63) is 35.9 Å². The molecule has 0 spiro atoms. The lowest BCUT2D eigenvalue weighted by Gasteiger charge is -2.31. The van der Waals surface area contributed by atoms with E-state index in [4.69, 9.17) is 9.47 Å². The SMILES string of the molecule is CCOC(=O)C(/C(C)=N/NC(=O)OC(C)(C)C)C(C#N)(C(C)=O)c1ccccc1. The number of benzene rings is 1. The first kappa shape index (κ1) is 23.8. The minimum Gasteiger partial charge on any atom is -0.465 e. The van der Waals surface area contributed by atoms with E-state index in [1.54, 1.807) is 58.0 Å². The van der Waals surface area contributed by atoms with Crippen LogP contribution in [0.4, 0.5) is 4.79 Å². The van der Waals surface area contributed by atoms with Gasteiger partial charge in [0.2, 0.25) is 0 Å². The maximum Gasteiger partial charge on any atom is 0.428 e. The summed E-state index contributed by atoms with van der Waals surface area (Å²) in [5, 5.41) is 13.9. The van der Waals surface area contributed by atoms with Gasteiger partial charge < -0.3 is 9.47 Å². The van der Waals surface area contributed by atoms with Crippen molar-refractivity contribution in [1.82, 2.24) is 5.43 Å². The van der Waals surface area contributed by atoms with Crippen LogP contribution in [0.5, 0.6) is 0 Å². The van der Waals surface area contributed by atoms with Crippen LogP contribution in [0.25, 0.3) is 0 Å². The van der Waals surface area contributed by atoms with E-state index >= 15 is 0 Å². The molecule has 0 aliphatic rings. The number of esters is 1. The first-order valence-corrected chi connectivity index (χ1v) is 9.17. The summed E-state index contributed by atoms with van der Waals surface area (Å²) in [6.07, 6.45) is -0.829. The number of nitriles is 1. The largest absolute Gasteiger partial charge is 0.465 e. The van der Waals surface area contributed by atoms with Crippen LogP contribution in [0.3, 0.4) is 0 Å². The fraction of sp³-hybridized carbons (Fsp3) is 0.476. The highest BCUT2D eigenvalue weighted by atomic mass is 16.6. The number of rotatable bonds is 7. The number of ketones is 1. The summed E-state index contributed by atoms with van der Waals surface area (Å²) in [4.78, 5) is 37.4. The topological polar surface area (TPSA) is 118 Å². The van der Waals surface area contributed by atoms with Crippen LogP contribution in [-0.4, -0.2) is 35.8 Å². The third-order valence-corrected chi connectivity index (χ3v) is 4.06. The third kappa shape index (κ3) is 5.88. The summed E-state index contributed by atoms with van der Waals surface area (Å²) in [6, 6.07) is 10.2. The van der Waals surface area contributed by atoms with Gasteiger partial charge in [-0.2, -0.15) is 10.4 Å². The van der Waals surface area contributed by atoms with Crippen molar-refractivity contribution in [2.75, 3.05) is 6.61 Å². The predicted octanol–water partition coefficient (Wildman–Crippen LogP) is 3.12. The van der Waals surface area contributed by atoms with Gasteiger partial charge >= 0.3 is 12.1 Å². The van der Waals surface area contributed by atoms with Crippen LogP contribution in [0.2, 0.25) is 0 Å². The normalized spacial score (nSPS) is 14.7. The second kappa shape index (κ2) is 9.82. The zero-order valence-corrected chi connectivity index (χ0v) is 17.6. The highest BCUT2D eigenvalue weighted by Gasteiger charge is 2.51. The van der Waals surface area contributed by atoms with Gasteiger partial charge in [-0.1, -0.05) is 30.3 Å². The fourth-order valence-corrected chi connectivity index (χ4v) is 2.87. The molecule has 0 aliphatic heterocycles. The quantitative estimate of drug-likeness (QED) is 0.426. The number of nitrogens with zero attached hydrogens (tertiary/aromatic N) is 2. The Morgan fingerprint density at radius 3 is 2.21 bits per heavy atom. The maximum absolute atomic E-state index is 12.8.